The molecule has 0 spiro atoms. The van der Waals surface area contributed by atoms with Gasteiger partial charge in [0, 0.05) is 6.54 Å². The Hall–Kier alpha value is -2.18. The van der Waals surface area contributed by atoms with Gasteiger partial charge < -0.3 is 11.1 Å². The standard InChI is InChI=1S/C14H18FN3O3/c15-11-7-13(18(20)21)10(6-12(11)16)14(19)17-8-9-4-2-1-3-5-9/h6-7,9H,1-5,8,16H2,(H,17,19). The van der Waals surface area contributed by atoms with Crippen molar-refractivity contribution in [2.24, 2.45) is 5.92 Å². The molecule has 0 radical (unpaired) electrons. The molecule has 1 amide bonds. The Bertz CT molecular complexity index is 557. The van der Waals surface area contributed by atoms with Crippen molar-refractivity contribution in [1.82, 2.24) is 5.32 Å². The van der Waals surface area contributed by atoms with E-state index in [1.54, 1.807) is 0 Å². The van der Waals surface area contributed by atoms with Gasteiger partial charge >= 0.3 is 0 Å². The van der Waals surface area contributed by atoms with Crippen molar-refractivity contribution in [3.05, 3.63) is 33.6 Å². The first-order valence-corrected chi connectivity index (χ1v) is 7.00. The number of nitrogens with two attached hydrogens (primary N) is 1. The van der Waals surface area contributed by atoms with E-state index in [1.807, 2.05) is 0 Å². The molecule has 0 aromatic heterocycles. The van der Waals surface area contributed by atoms with E-state index in [0.29, 0.717) is 18.5 Å². The quantitative estimate of drug-likeness (QED) is 0.506. The molecule has 1 aromatic rings. The SMILES string of the molecule is Nc1cc(C(=O)NCC2CCCCC2)c([N+](=O)[O-])cc1F. The number of nitrogens with one attached hydrogen (secondary N) is 1. The van der Waals surface area contributed by atoms with E-state index in [-0.39, 0.29) is 11.3 Å². The minimum absolute atomic E-state index is 0.199. The van der Waals surface area contributed by atoms with E-state index in [9.17, 15) is 19.3 Å². The van der Waals surface area contributed by atoms with Gasteiger partial charge in [-0.2, -0.15) is 0 Å². The molecule has 21 heavy (non-hydrogen) atoms. The van der Waals surface area contributed by atoms with E-state index < -0.39 is 22.3 Å². The Morgan fingerprint density at radius 2 is 2.05 bits per heavy atom. The normalized spacial score (nSPS) is 15.7. The molecule has 0 aliphatic heterocycles. The molecule has 0 unspecified atom stereocenters. The zero-order valence-electron chi connectivity index (χ0n) is 11.6. The average Bonchev–Trinajstić information content (AvgIpc) is 2.48. The van der Waals surface area contributed by atoms with E-state index in [0.717, 1.165) is 31.7 Å². The number of hydrogen-bond acceptors (Lipinski definition) is 4. The summed E-state index contributed by atoms with van der Waals surface area (Å²) in [5.74, 6) is -1.08. The number of carbonyl (C=O) groups excluding carboxylic acids is 1. The number of anilines is 1. The van der Waals surface area contributed by atoms with Crippen LogP contribution in [-0.2, 0) is 0 Å². The van der Waals surface area contributed by atoms with Gasteiger partial charge in [0.25, 0.3) is 11.6 Å². The Balaban J connectivity index is 2.10. The topological polar surface area (TPSA) is 98.3 Å². The number of rotatable bonds is 4. The summed E-state index contributed by atoms with van der Waals surface area (Å²) in [5.41, 5.74) is 4.35. The minimum Gasteiger partial charge on any atom is -0.396 e. The maximum Gasteiger partial charge on any atom is 0.285 e. The predicted octanol–water partition coefficient (Wildman–Crippen LogP) is 2.63. The highest BCUT2D eigenvalue weighted by molar-refractivity contribution is 5.99. The number of nitro groups is 1. The van der Waals surface area contributed by atoms with Gasteiger partial charge in [0.2, 0.25) is 0 Å². The lowest BCUT2D eigenvalue weighted by molar-refractivity contribution is -0.385. The van der Waals surface area contributed by atoms with Crippen LogP contribution < -0.4 is 11.1 Å². The van der Waals surface area contributed by atoms with Gasteiger partial charge in [-0.1, -0.05) is 19.3 Å². The van der Waals surface area contributed by atoms with Crippen LogP contribution in [0.5, 0.6) is 0 Å². The van der Waals surface area contributed by atoms with E-state index in [4.69, 9.17) is 5.73 Å². The molecule has 3 N–H and O–H groups in total. The van der Waals surface area contributed by atoms with Gasteiger partial charge in [0.15, 0.2) is 5.82 Å². The summed E-state index contributed by atoms with van der Waals surface area (Å²) in [5, 5.41) is 13.6. The molecule has 1 aliphatic rings. The molecule has 1 aliphatic carbocycles. The van der Waals surface area contributed by atoms with Crippen LogP contribution in [0.2, 0.25) is 0 Å². The van der Waals surface area contributed by atoms with Crippen molar-refractivity contribution in [1.29, 1.82) is 0 Å². The van der Waals surface area contributed by atoms with Crippen LogP contribution in [0.15, 0.2) is 12.1 Å². The molecule has 7 heteroatoms. The van der Waals surface area contributed by atoms with Gasteiger partial charge in [0.1, 0.15) is 5.56 Å². The van der Waals surface area contributed by atoms with Crippen molar-refractivity contribution in [2.45, 2.75) is 32.1 Å². The van der Waals surface area contributed by atoms with Gasteiger partial charge in [-0.25, -0.2) is 4.39 Å². The maximum absolute atomic E-state index is 13.3. The summed E-state index contributed by atoms with van der Waals surface area (Å²) in [7, 11) is 0. The van der Waals surface area contributed by atoms with Gasteiger partial charge in [0.05, 0.1) is 16.7 Å². The first-order chi connectivity index (χ1) is 9.99. The first-order valence-electron chi connectivity index (χ1n) is 7.00. The lowest BCUT2D eigenvalue weighted by atomic mass is 9.89. The number of carbonyl (C=O) groups is 1. The van der Waals surface area contributed by atoms with E-state index in [2.05, 4.69) is 5.32 Å². The van der Waals surface area contributed by atoms with Gasteiger partial charge in [-0.3, -0.25) is 14.9 Å². The smallest absolute Gasteiger partial charge is 0.285 e. The van der Waals surface area contributed by atoms with Crippen molar-refractivity contribution in [3.8, 4) is 0 Å². The largest absolute Gasteiger partial charge is 0.396 e. The first kappa shape index (κ1) is 15.2. The third-order valence-corrected chi connectivity index (χ3v) is 3.83. The molecule has 1 fully saturated rings. The fourth-order valence-corrected chi connectivity index (χ4v) is 2.64. The molecule has 0 bridgehead atoms. The molecular formula is C14H18FN3O3. The number of nitro benzene ring substituents is 1. The third kappa shape index (κ3) is 3.68. The van der Waals surface area contributed by atoms with E-state index in [1.165, 1.54) is 6.42 Å². The van der Waals surface area contributed by atoms with Crippen LogP contribution in [0.1, 0.15) is 42.5 Å². The molecule has 6 nitrogen and oxygen atoms in total. The van der Waals surface area contributed by atoms with Gasteiger partial charge in [-0.15, -0.1) is 0 Å². The predicted molar refractivity (Wildman–Crippen MR) is 76.4 cm³/mol. The van der Waals surface area contributed by atoms with Crippen molar-refractivity contribution >= 4 is 17.3 Å². The average molecular weight is 295 g/mol. The Morgan fingerprint density at radius 1 is 1.38 bits per heavy atom. The second-order valence-corrected chi connectivity index (χ2v) is 5.36. The summed E-state index contributed by atoms with van der Waals surface area (Å²) in [6, 6.07) is 1.70. The van der Waals surface area contributed by atoms with Crippen molar-refractivity contribution in [2.75, 3.05) is 12.3 Å². The Labute approximate surface area is 121 Å². The molecule has 0 atom stereocenters. The van der Waals surface area contributed by atoms with Crippen LogP contribution in [0.3, 0.4) is 0 Å². The zero-order valence-corrected chi connectivity index (χ0v) is 11.6. The second kappa shape index (κ2) is 6.51. The monoisotopic (exact) mass is 295 g/mol. The summed E-state index contributed by atoms with van der Waals surface area (Å²) < 4.78 is 13.3. The molecule has 1 aromatic carbocycles. The third-order valence-electron chi connectivity index (χ3n) is 3.83. The van der Waals surface area contributed by atoms with Crippen LogP contribution in [0.4, 0.5) is 15.8 Å². The Kier molecular flexibility index (Phi) is 4.72. The van der Waals surface area contributed by atoms with Crippen LogP contribution in [0.25, 0.3) is 0 Å². The summed E-state index contributed by atoms with van der Waals surface area (Å²) in [4.78, 5) is 22.2. The number of nitrogen functional groups attached to an aromatic ring is 1. The molecule has 0 heterocycles. The van der Waals surface area contributed by atoms with Crippen molar-refractivity contribution < 1.29 is 14.1 Å². The molecule has 2 rings (SSSR count). The van der Waals surface area contributed by atoms with Crippen LogP contribution >= 0.6 is 0 Å². The second-order valence-electron chi connectivity index (χ2n) is 5.36. The zero-order chi connectivity index (χ0) is 15.4. The van der Waals surface area contributed by atoms with Crippen molar-refractivity contribution in [3.63, 3.8) is 0 Å². The van der Waals surface area contributed by atoms with Gasteiger partial charge in [-0.05, 0) is 24.8 Å². The fraction of sp³-hybridized carbons (Fsp3) is 0.500. The van der Waals surface area contributed by atoms with Crippen LogP contribution in [-0.4, -0.2) is 17.4 Å². The lowest BCUT2D eigenvalue weighted by Crippen LogP contribution is -2.30. The molecule has 1 saturated carbocycles. The van der Waals surface area contributed by atoms with Crippen LogP contribution in [0, 0.1) is 21.8 Å². The minimum atomic E-state index is -0.898. The highest BCUT2D eigenvalue weighted by atomic mass is 19.1. The molecular weight excluding hydrogens is 277 g/mol. The maximum atomic E-state index is 13.3. The number of nitrogens with zero attached hydrogens (tertiary/aromatic N) is 1. The highest BCUT2D eigenvalue weighted by Crippen LogP contribution is 2.25. The molecule has 114 valence electrons. The highest BCUT2D eigenvalue weighted by Gasteiger charge is 2.23. The summed E-state index contributed by atoms with van der Waals surface area (Å²) >= 11 is 0. The van der Waals surface area contributed by atoms with E-state index >= 15 is 0 Å². The number of amides is 1. The number of halogens is 1. The summed E-state index contributed by atoms with van der Waals surface area (Å²) in [6.07, 6.45) is 5.60. The number of hydrogen-bond donors (Lipinski definition) is 2. The fourth-order valence-electron chi connectivity index (χ4n) is 2.64. The summed E-state index contributed by atoms with van der Waals surface area (Å²) in [6.45, 7) is 0.479. The molecule has 0 saturated heterocycles. The Morgan fingerprint density at radius 3 is 2.67 bits per heavy atom. The lowest BCUT2D eigenvalue weighted by Gasteiger charge is -2.21. The number of benzene rings is 1.